The van der Waals surface area contributed by atoms with Gasteiger partial charge in [-0.05, 0) is 18.7 Å². The molecule has 15 heavy (non-hydrogen) atoms. The number of aromatic nitrogens is 1. The largest absolute Gasteiger partial charge is 0.330 e. The summed E-state index contributed by atoms with van der Waals surface area (Å²) in [5, 5.41) is 1.03. The predicted molar refractivity (Wildman–Crippen MR) is 67.9 cm³/mol. The third-order valence-corrected chi connectivity index (χ3v) is 4.78. The molecule has 0 radical (unpaired) electrons. The van der Waals surface area contributed by atoms with Crippen molar-refractivity contribution < 1.29 is 0 Å². The number of hydrogen-bond acceptors (Lipinski definition) is 4. The minimum Gasteiger partial charge on any atom is -0.330 e. The highest BCUT2D eigenvalue weighted by molar-refractivity contribution is 7.23. The zero-order chi connectivity index (χ0) is 10.8. The van der Waals surface area contributed by atoms with E-state index in [4.69, 9.17) is 17.3 Å². The fourth-order valence-corrected chi connectivity index (χ4v) is 3.26. The molecule has 2 nitrogen and oxygen atoms in total. The van der Waals surface area contributed by atoms with E-state index in [2.05, 4.69) is 11.9 Å². The SMILES string of the molecule is CC(CN)c1cnc(-c2ccc(Cl)s2)s1. The minimum atomic E-state index is 0.381. The lowest BCUT2D eigenvalue weighted by Gasteiger charge is -2.01. The van der Waals surface area contributed by atoms with Crippen molar-refractivity contribution >= 4 is 34.3 Å². The molecule has 0 saturated heterocycles. The zero-order valence-corrected chi connectivity index (χ0v) is 10.6. The molecule has 0 amide bonds. The molecule has 0 spiro atoms. The summed E-state index contributed by atoms with van der Waals surface area (Å²) in [7, 11) is 0. The van der Waals surface area contributed by atoms with E-state index < -0.39 is 0 Å². The summed E-state index contributed by atoms with van der Waals surface area (Å²) in [5.41, 5.74) is 5.62. The summed E-state index contributed by atoms with van der Waals surface area (Å²) in [6.45, 7) is 2.77. The third-order valence-electron chi connectivity index (χ3n) is 2.15. The van der Waals surface area contributed by atoms with Crippen LogP contribution < -0.4 is 5.73 Å². The molecule has 2 aromatic rings. The molecule has 1 unspecified atom stereocenters. The van der Waals surface area contributed by atoms with Crippen LogP contribution in [0, 0.1) is 0 Å². The van der Waals surface area contributed by atoms with Crippen LogP contribution in [0.2, 0.25) is 4.34 Å². The molecule has 2 aromatic heterocycles. The monoisotopic (exact) mass is 258 g/mol. The van der Waals surface area contributed by atoms with E-state index in [0.717, 1.165) is 14.2 Å². The van der Waals surface area contributed by atoms with E-state index in [-0.39, 0.29) is 0 Å². The lowest BCUT2D eigenvalue weighted by atomic mass is 10.2. The summed E-state index contributed by atoms with van der Waals surface area (Å²) >= 11 is 9.13. The van der Waals surface area contributed by atoms with Crippen LogP contribution in [0.3, 0.4) is 0 Å². The average Bonchev–Trinajstić information content (AvgIpc) is 2.84. The van der Waals surface area contributed by atoms with Crippen molar-refractivity contribution in [2.24, 2.45) is 5.73 Å². The number of hydrogen-bond donors (Lipinski definition) is 1. The second-order valence-corrected chi connectivity index (χ2v) is 6.09. The molecule has 0 aliphatic carbocycles. The Kier molecular flexibility index (Phi) is 3.41. The standard InChI is InChI=1S/C10H11ClN2S2/c1-6(4-12)8-5-13-10(15-8)7-2-3-9(11)14-7/h2-3,5-6H,4,12H2,1H3. The second-order valence-electron chi connectivity index (χ2n) is 3.31. The van der Waals surface area contributed by atoms with Crippen LogP contribution in [-0.2, 0) is 0 Å². The maximum atomic E-state index is 5.88. The first-order chi connectivity index (χ1) is 7.20. The van der Waals surface area contributed by atoms with Crippen LogP contribution in [-0.4, -0.2) is 11.5 Å². The van der Waals surface area contributed by atoms with Gasteiger partial charge in [0.1, 0.15) is 5.01 Å². The van der Waals surface area contributed by atoms with Gasteiger partial charge in [-0.1, -0.05) is 18.5 Å². The number of thiazole rings is 1. The molecule has 1 atom stereocenters. The quantitative estimate of drug-likeness (QED) is 0.914. The molecule has 5 heteroatoms. The summed E-state index contributed by atoms with van der Waals surface area (Å²) in [6, 6.07) is 3.90. The van der Waals surface area contributed by atoms with Gasteiger partial charge < -0.3 is 5.73 Å². The van der Waals surface area contributed by atoms with E-state index in [1.54, 1.807) is 22.7 Å². The van der Waals surface area contributed by atoms with Gasteiger partial charge in [-0.3, -0.25) is 0 Å². The van der Waals surface area contributed by atoms with Crippen molar-refractivity contribution in [1.82, 2.24) is 4.98 Å². The highest BCUT2D eigenvalue weighted by Gasteiger charge is 2.10. The Bertz CT molecular complexity index is 450. The Morgan fingerprint density at radius 2 is 2.27 bits per heavy atom. The number of nitrogens with zero attached hydrogens (tertiary/aromatic N) is 1. The van der Waals surface area contributed by atoms with Gasteiger partial charge >= 0.3 is 0 Å². The van der Waals surface area contributed by atoms with Gasteiger partial charge in [0, 0.05) is 17.0 Å². The molecular formula is C10H11ClN2S2. The van der Waals surface area contributed by atoms with E-state index in [1.807, 2.05) is 18.3 Å². The molecular weight excluding hydrogens is 248 g/mol. The first-order valence-corrected chi connectivity index (χ1v) is 6.63. The molecule has 0 aromatic carbocycles. The third kappa shape index (κ3) is 2.39. The molecule has 2 heterocycles. The number of rotatable bonds is 3. The Morgan fingerprint density at radius 1 is 1.47 bits per heavy atom. The van der Waals surface area contributed by atoms with Crippen LogP contribution in [0.15, 0.2) is 18.3 Å². The van der Waals surface area contributed by atoms with Crippen LogP contribution in [0.5, 0.6) is 0 Å². The van der Waals surface area contributed by atoms with Crippen molar-refractivity contribution in [3.63, 3.8) is 0 Å². The molecule has 0 aliphatic rings. The van der Waals surface area contributed by atoms with Crippen molar-refractivity contribution in [2.45, 2.75) is 12.8 Å². The lowest BCUT2D eigenvalue weighted by molar-refractivity contribution is 0.787. The van der Waals surface area contributed by atoms with Crippen LogP contribution in [0.1, 0.15) is 17.7 Å². The summed E-state index contributed by atoms with van der Waals surface area (Å²) in [6.07, 6.45) is 1.91. The number of halogens is 1. The van der Waals surface area contributed by atoms with Gasteiger partial charge in [-0.15, -0.1) is 22.7 Å². The van der Waals surface area contributed by atoms with Crippen molar-refractivity contribution in [2.75, 3.05) is 6.54 Å². The van der Waals surface area contributed by atoms with Gasteiger partial charge in [-0.2, -0.15) is 0 Å². The Balaban J connectivity index is 2.27. The average molecular weight is 259 g/mol. The van der Waals surface area contributed by atoms with E-state index in [1.165, 1.54) is 4.88 Å². The summed E-state index contributed by atoms with van der Waals surface area (Å²) in [5.74, 6) is 0.381. The molecule has 0 fully saturated rings. The van der Waals surface area contributed by atoms with Gasteiger partial charge in [0.2, 0.25) is 0 Å². The highest BCUT2D eigenvalue weighted by Crippen LogP contribution is 2.35. The first kappa shape index (κ1) is 11.1. The lowest BCUT2D eigenvalue weighted by Crippen LogP contribution is -2.07. The second kappa shape index (κ2) is 4.61. The number of thiophene rings is 1. The van der Waals surface area contributed by atoms with Gasteiger partial charge in [0.15, 0.2) is 0 Å². The van der Waals surface area contributed by atoms with E-state index in [9.17, 15) is 0 Å². The highest BCUT2D eigenvalue weighted by atomic mass is 35.5. The molecule has 0 aliphatic heterocycles. The van der Waals surface area contributed by atoms with Crippen molar-refractivity contribution in [3.8, 4) is 9.88 Å². The van der Waals surface area contributed by atoms with Crippen LogP contribution in [0.4, 0.5) is 0 Å². The molecule has 0 saturated carbocycles. The fraction of sp³-hybridized carbons (Fsp3) is 0.300. The van der Waals surface area contributed by atoms with Gasteiger partial charge in [0.05, 0.1) is 9.21 Å². The van der Waals surface area contributed by atoms with Crippen molar-refractivity contribution in [3.05, 3.63) is 27.5 Å². The first-order valence-electron chi connectivity index (χ1n) is 4.62. The van der Waals surface area contributed by atoms with Gasteiger partial charge in [-0.25, -0.2) is 4.98 Å². The summed E-state index contributed by atoms with van der Waals surface area (Å²) in [4.78, 5) is 6.74. The smallest absolute Gasteiger partial charge is 0.133 e. The molecule has 2 rings (SSSR count). The maximum Gasteiger partial charge on any atom is 0.133 e. The Labute approximate surface area is 102 Å². The number of nitrogens with two attached hydrogens (primary N) is 1. The molecule has 80 valence electrons. The Hall–Kier alpha value is -0.420. The van der Waals surface area contributed by atoms with E-state index >= 15 is 0 Å². The van der Waals surface area contributed by atoms with E-state index in [0.29, 0.717) is 12.5 Å². The topological polar surface area (TPSA) is 38.9 Å². The fourth-order valence-electron chi connectivity index (χ4n) is 1.17. The molecule has 2 N–H and O–H groups in total. The van der Waals surface area contributed by atoms with Crippen LogP contribution in [0.25, 0.3) is 9.88 Å². The van der Waals surface area contributed by atoms with Gasteiger partial charge in [0.25, 0.3) is 0 Å². The maximum absolute atomic E-state index is 5.88. The minimum absolute atomic E-state index is 0.381. The zero-order valence-electron chi connectivity index (χ0n) is 8.24. The molecule has 0 bridgehead atoms. The van der Waals surface area contributed by atoms with Crippen molar-refractivity contribution in [1.29, 1.82) is 0 Å². The normalized spacial score (nSPS) is 13.0. The predicted octanol–water partition coefficient (Wildman–Crippen LogP) is 3.59. The summed E-state index contributed by atoms with van der Waals surface area (Å²) < 4.78 is 0.800. The Morgan fingerprint density at radius 3 is 2.87 bits per heavy atom. The van der Waals surface area contributed by atoms with Crippen LogP contribution >= 0.6 is 34.3 Å².